The van der Waals surface area contributed by atoms with E-state index < -0.39 is 12.0 Å². The van der Waals surface area contributed by atoms with Crippen LogP contribution in [0.4, 0.5) is 18.0 Å². The van der Waals surface area contributed by atoms with Gasteiger partial charge in [-0.3, -0.25) is 5.10 Å². The summed E-state index contributed by atoms with van der Waals surface area (Å²) in [5.74, 6) is -0.766. The molecule has 3 rings (SSSR count). The number of rotatable bonds is 6. The molecule has 2 heterocycles. The van der Waals surface area contributed by atoms with Crippen molar-refractivity contribution in [3.63, 3.8) is 0 Å². The van der Waals surface area contributed by atoms with Crippen LogP contribution in [0.2, 0.25) is 0 Å². The van der Waals surface area contributed by atoms with Crippen molar-refractivity contribution >= 4 is 6.03 Å². The predicted octanol–water partition coefficient (Wildman–Crippen LogP) is 2.31. The summed E-state index contributed by atoms with van der Waals surface area (Å²) in [7, 11) is 0. The Morgan fingerprint density at radius 3 is 2.64 bits per heavy atom. The molecule has 2 amide bonds. The van der Waals surface area contributed by atoms with Crippen molar-refractivity contribution in [3.8, 4) is 0 Å². The Bertz CT molecular complexity index is 582. The van der Waals surface area contributed by atoms with E-state index in [-0.39, 0.29) is 24.5 Å². The molecule has 1 saturated carbocycles. The first-order chi connectivity index (χ1) is 11.9. The Morgan fingerprint density at radius 1 is 1.28 bits per heavy atom. The Hall–Kier alpha value is -1.84. The number of aromatic nitrogens is 3. The number of carbonyl (C=O) groups is 1. The van der Waals surface area contributed by atoms with Gasteiger partial charge in [0.05, 0.1) is 12.6 Å². The van der Waals surface area contributed by atoms with Gasteiger partial charge in [-0.1, -0.05) is 6.42 Å². The molecule has 1 aliphatic heterocycles. The van der Waals surface area contributed by atoms with Crippen LogP contribution >= 0.6 is 0 Å². The summed E-state index contributed by atoms with van der Waals surface area (Å²) in [5.41, 5.74) is 0. The van der Waals surface area contributed by atoms with Crippen molar-refractivity contribution in [1.29, 1.82) is 0 Å². The number of hydrogen-bond acceptors (Lipinski definition) is 4. The van der Waals surface area contributed by atoms with Crippen molar-refractivity contribution in [2.24, 2.45) is 5.92 Å². The van der Waals surface area contributed by atoms with E-state index in [0.29, 0.717) is 25.6 Å². The highest BCUT2D eigenvalue weighted by Crippen LogP contribution is 2.28. The SMILES string of the molecule is O=C(NCc1nc(C(F)(F)F)n[nH]1)N(CC1CCC1)CC1CCCO1. The molecule has 140 valence electrons. The van der Waals surface area contributed by atoms with E-state index in [9.17, 15) is 18.0 Å². The molecule has 2 N–H and O–H groups in total. The van der Waals surface area contributed by atoms with Crippen LogP contribution in [0, 0.1) is 5.92 Å². The lowest BCUT2D eigenvalue weighted by Gasteiger charge is -2.33. The van der Waals surface area contributed by atoms with E-state index >= 15 is 0 Å². The van der Waals surface area contributed by atoms with Gasteiger partial charge in [-0.15, -0.1) is 5.10 Å². The lowest BCUT2D eigenvalue weighted by molar-refractivity contribution is -0.144. The fraction of sp³-hybridized carbons (Fsp3) is 0.800. The molecular weight excluding hydrogens is 339 g/mol. The number of alkyl halides is 3. The highest BCUT2D eigenvalue weighted by atomic mass is 19.4. The van der Waals surface area contributed by atoms with Crippen LogP contribution in [0.5, 0.6) is 0 Å². The van der Waals surface area contributed by atoms with E-state index in [1.807, 2.05) is 0 Å². The smallest absolute Gasteiger partial charge is 0.376 e. The number of ether oxygens (including phenoxy) is 1. The van der Waals surface area contributed by atoms with E-state index in [1.54, 1.807) is 4.90 Å². The van der Waals surface area contributed by atoms with Crippen LogP contribution in [0.3, 0.4) is 0 Å². The van der Waals surface area contributed by atoms with Gasteiger partial charge in [0.1, 0.15) is 5.82 Å². The normalized spacial score (nSPS) is 21.2. The van der Waals surface area contributed by atoms with Gasteiger partial charge in [0.15, 0.2) is 0 Å². The zero-order chi connectivity index (χ0) is 17.9. The monoisotopic (exact) mass is 361 g/mol. The Kier molecular flexibility index (Phi) is 5.45. The third-order valence-electron chi connectivity index (χ3n) is 4.63. The second kappa shape index (κ2) is 7.59. The Labute approximate surface area is 143 Å². The molecule has 1 aliphatic carbocycles. The standard InChI is InChI=1S/C15H22F3N5O2/c16-15(17,18)13-20-12(21-22-13)7-19-14(24)23(8-10-3-1-4-10)9-11-5-2-6-25-11/h10-11H,1-9H2,(H,19,24)(H,20,21,22). The quantitative estimate of drug-likeness (QED) is 0.815. The molecule has 0 spiro atoms. The number of H-pyrrole nitrogens is 1. The van der Waals surface area contributed by atoms with Crippen LogP contribution in [0.25, 0.3) is 0 Å². The summed E-state index contributed by atoms with van der Waals surface area (Å²) in [4.78, 5) is 17.5. The second-order valence-electron chi connectivity index (χ2n) is 6.60. The van der Waals surface area contributed by atoms with Crippen LogP contribution in [-0.2, 0) is 17.5 Å². The van der Waals surface area contributed by atoms with Gasteiger partial charge in [-0.25, -0.2) is 9.78 Å². The molecule has 0 radical (unpaired) electrons. The number of amides is 2. The minimum absolute atomic E-state index is 0.0265. The van der Waals surface area contributed by atoms with E-state index in [2.05, 4.69) is 20.5 Å². The fourth-order valence-electron chi connectivity index (χ4n) is 3.03. The topological polar surface area (TPSA) is 83.1 Å². The summed E-state index contributed by atoms with van der Waals surface area (Å²) < 4.78 is 43.1. The number of hydrogen-bond donors (Lipinski definition) is 2. The molecule has 0 bridgehead atoms. The van der Waals surface area contributed by atoms with Crippen LogP contribution < -0.4 is 5.32 Å². The van der Waals surface area contributed by atoms with Gasteiger partial charge >= 0.3 is 12.2 Å². The molecule has 1 saturated heterocycles. The molecule has 1 aromatic heterocycles. The molecule has 10 heteroatoms. The first-order valence-corrected chi connectivity index (χ1v) is 8.54. The average molecular weight is 361 g/mol. The molecule has 1 unspecified atom stereocenters. The molecule has 1 atom stereocenters. The largest absolute Gasteiger partial charge is 0.453 e. The van der Waals surface area contributed by atoms with Gasteiger partial charge in [-0.2, -0.15) is 13.2 Å². The lowest BCUT2D eigenvalue weighted by Crippen LogP contribution is -2.46. The zero-order valence-electron chi connectivity index (χ0n) is 13.8. The summed E-state index contributed by atoms with van der Waals surface area (Å²) in [5, 5.41) is 7.94. The van der Waals surface area contributed by atoms with Crippen LogP contribution in [-0.4, -0.2) is 51.9 Å². The van der Waals surface area contributed by atoms with Crippen LogP contribution in [0.1, 0.15) is 43.8 Å². The third-order valence-corrected chi connectivity index (χ3v) is 4.63. The van der Waals surface area contributed by atoms with Crippen LogP contribution in [0.15, 0.2) is 0 Å². The van der Waals surface area contributed by atoms with Crippen molar-refractivity contribution in [1.82, 2.24) is 25.4 Å². The van der Waals surface area contributed by atoms with Crippen molar-refractivity contribution < 1.29 is 22.7 Å². The Balaban J connectivity index is 1.54. The van der Waals surface area contributed by atoms with E-state index in [0.717, 1.165) is 25.7 Å². The van der Waals surface area contributed by atoms with Crippen molar-refractivity contribution in [3.05, 3.63) is 11.6 Å². The second-order valence-corrected chi connectivity index (χ2v) is 6.60. The highest BCUT2D eigenvalue weighted by molar-refractivity contribution is 5.74. The van der Waals surface area contributed by atoms with Gasteiger partial charge in [0, 0.05) is 19.7 Å². The average Bonchev–Trinajstić information content (AvgIpc) is 3.17. The number of nitrogens with one attached hydrogen (secondary N) is 2. The first kappa shape index (κ1) is 18.0. The molecule has 25 heavy (non-hydrogen) atoms. The summed E-state index contributed by atoms with van der Waals surface area (Å²) >= 11 is 0. The number of aromatic amines is 1. The minimum atomic E-state index is -4.60. The Morgan fingerprint density at radius 2 is 2.08 bits per heavy atom. The lowest BCUT2D eigenvalue weighted by atomic mass is 9.85. The van der Waals surface area contributed by atoms with Gasteiger partial charge in [0.2, 0.25) is 0 Å². The molecular formula is C15H22F3N5O2. The number of urea groups is 1. The fourth-order valence-corrected chi connectivity index (χ4v) is 3.03. The molecule has 0 aromatic carbocycles. The van der Waals surface area contributed by atoms with Crippen molar-refractivity contribution in [2.75, 3.05) is 19.7 Å². The molecule has 1 aromatic rings. The first-order valence-electron chi connectivity index (χ1n) is 8.54. The molecule has 2 aliphatic rings. The minimum Gasteiger partial charge on any atom is -0.376 e. The van der Waals surface area contributed by atoms with Crippen molar-refractivity contribution in [2.45, 2.75) is 50.9 Å². The van der Waals surface area contributed by atoms with Gasteiger partial charge in [-0.05, 0) is 31.6 Å². The maximum absolute atomic E-state index is 12.5. The highest BCUT2D eigenvalue weighted by Gasteiger charge is 2.36. The van der Waals surface area contributed by atoms with E-state index in [1.165, 1.54) is 6.42 Å². The molecule has 2 fully saturated rings. The zero-order valence-corrected chi connectivity index (χ0v) is 13.8. The van der Waals surface area contributed by atoms with Gasteiger partial charge < -0.3 is 15.0 Å². The maximum Gasteiger partial charge on any atom is 0.453 e. The van der Waals surface area contributed by atoms with E-state index in [4.69, 9.17) is 4.74 Å². The van der Waals surface area contributed by atoms with Gasteiger partial charge in [0.25, 0.3) is 5.82 Å². The summed E-state index contributed by atoms with van der Waals surface area (Å²) in [6, 6.07) is -0.313. The number of carbonyl (C=O) groups excluding carboxylic acids is 1. The number of nitrogens with zero attached hydrogens (tertiary/aromatic N) is 3. The summed E-state index contributed by atoms with van der Waals surface area (Å²) in [6.07, 6.45) is 0.729. The third kappa shape index (κ3) is 4.83. The predicted molar refractivity (Wildman–Crippen MR) is 81.5 cm³/mol. The summed E-state index contributed by atoms with van der Waals surface area (Å²) in [6.45, 7) is 1.74. The maximum atomic E-state index is 12.5. The molecule has 7 nitrogen and oxygen atoms in total. The number of halogens is 3.